The Hall–Kier alpha value is -1.99. The molecule has 2 rings (SSSR count). The third-order valence-electron chi connectivity index (χ3n) is 5.05. The molecule has 1 aromatic carbocycles. The van der Waals surface area contributed by atoms with Crippen LogP contribution in [0.25, 0.3) is 10.6 Å². The lowest BCUT2D eigenvalue weighted by molar-refractivity contribution is -0.127. The zero-order chi connectivity index (χ0) is 21.9. The largest absolute Gasteiger partial charge is 0.344 e. The number of halogens is 1. The lowest BCUT2D eigenvalue weighted by Crippen LogP contribution is -2.47. The summed E-state index contributed by atoms with van der Waals surface area (Å²) in [7, 11) is 0. The monoisotopic (exact) mass is 450 g/mol. The molecule has 2 N–H and O–H groups in total. The SMILES string of the molecule is CCCCCCCC(=O)NC(C(=O)Nc1nnc(-c2cccc(Cl)c2)s1)C(C)CC. The average Bonchev–Trinajstić information content (AvgIpc) is 3.19. The molecule has 0 aliphatic rings. The minimum Gasteiger partial charge on any atom is -0.344 e. The second-order valence-corrected chi connectivity index (χ2v) is 8.92. The molecule has 8 heteroatoms. The van der Waals surface area contributed by atoms with Crippen molar-refractivity contribution in [3.8, 4) is 10.6 Å². The van der Waals surface area contributed by atoms with E-state index in [2.05, 4.69) is 27.8 Å². The van der Waals surface area contributed by atoms with E-state index >= 15 is 0 Å². The van der Waals surface area contributed by atoms with E-state index in [4.69, 9.17) is 11.6 Å². The van der Waals surface area contributed by atoms with Gasteiger partial charge in [0.1, 0.15) is 11.0 Å². The summed E-state index contributed by atoms with van der Waals surface area (Å²) < 4.78 is 0. The lowest BCUT2D eigenvalue weighted by atomic mass is 9.98. The van der Waals surface area contributed by atoms with E-state index in [-0.39, 0.29) is 17.7 Å². The predicted molar refractivity (Wildman–Crippen MR) is 124 cm³/mol. The zero-order valence-electron chi connectivity index (χ0n) is 17.9. The highest BCUT2D eigenvalue weighted by molar-refractivity contribution is 7.18. The van der Waals surface area contributed by atoms with Crippen molar-refractivity contribution in [3.63, 3.8) is 0 Å². The van der Waals surface area contributed by atoms with Gasteiger partial charge in [0, 0.05) is 17.0 Å². The molecule has 0 saturated heterocycles. The summed E-state index contributed by atoms with van der Waals surface area (Å²) >= 11 is 7.31. The normalized spacial score (nSPS) is 12.9. The molecular formula is C22H31ClN4O2S. The highest BCUT2D eigenvalue weighted by Crippen LogP contribution is 2.28. The van der Waals surface area contributed by atoms with Crippen LogP contribution in [0.2, 0.25) is 5.02 Å². The van der Waals surface area contributed by atoms with E-state index < -0.39 is 6.04 Å². The Bertz CT molecular complexity index is 827. The first-order chi connectivity index (χ1) is 14.4. The van der Waals surface area contributed by atoms with Crippen LogP contribution in [-0.2, 0) is 9.59 Å². The highest BCUT2D eigenvalue weighted by Gasteiger charge is 2.26. The van der Waals surface area contributed by atoms with E-state index in [1.165, 1.54) is 24.2 Å². The number of nitrogens with zero attached hydrogens (tertiary/aromatic N) is 2. The Morgan fingerprint density at radius 1 is 1.13 bits per heavy atom. The number of anilines is 1. The van der Waals surface area contributed by atoms with Crippen molar-refractivity contribution >= 4 is 39.9 Å². The maximum Gasteiger partial charge on any atom is 0.249 e. The molecular weight excluding hydrogens is 420 g/mol. The summed E-state index contributed by atoms with van der Waals surface area (Å²) in [6.07, 6.45) is 6.62. The Balaban J connectivity index is 1.96. The molecule has 0 fully saturated rings. The third-order valence-corrected chi connectivity index (χ3v) is 6.17. The first-order valence-corrected chi connectivity index (χ1v) is 11.8. The summed E-state index contributed by atoms with van der Waals surface area (Å²) in [5.74, 6) is -0.337. The van der Waals surface area contributed by atoms with Crippen LogP contribution in [0.4, 0.5) is 5.13 Å². The molecule has 6 nitrogen and oxygen atoms in total. The maximum absolute atomic E-state index is 12.9. The van der Waals surface area contributed by atoms with Gasteiger partial charge in [0.25, 0.3) is 0 Å². The smallest absolute Gasteiger partial charge is 0.249 e. The van der Waals surface area contributed by atoms with E-state index in [1.54, 1.807) is 12.1 Å². The van der Waals surface area contributed by atoms with Gasteiger partial charge in [-0.25, -0.2) is 0 Å². The van der Waals surface area contributed by atoms with Crippen molar-refractivity contribution < 1.29 is 9.59 Å². The molecule has 0 aliphatic heterocycles. The number of aromatic nitrogens is 2. The van der Waals surface area contributed by atoms with Crippen molar-refractivity contribution in [2.24, 2.45) is 5.92 Å². The molecule has 0 spiro atoms. The standard InChI is InChI=1S/C22H31ClN4O2S/c1-4-6-7-8-9-13-18(28)24-19(15(3)5-2)20(29)25-22-27-26-21(30-22)16-11-10-12-17(23)14-16/h10-12,14-15,19H,4-9,13H2,1-3H3,(H,24,28)(H,25,27,29). The predicted octanol–water partition coefficient (Wildman–Crippen LogP) is 5.69. The van der Waals surface area contributed by atoms with Crippen molar-refractivity contribution in [1.29, 1.82) is 0 Å². The van der Waals surface area contributed by atoms with E-state index in [1.807, 2.05) is 26.0 Å². The van der Waals surface area contributed by atoms with Gasteiger partial charge in [-0.3, -0.25) is 14.9 Å². The number of hydrogen-bond donors (Lipinski definition) is 2. The van der Waals surface area contributed by atoms with E-state index in [9.17, 15) is 9.59 Å². The Morgan fingerprint density at radius 2 is 1.90 bits per heavy atom. The lowest BCUT2D eigenvalue weighted by Gasteiger charge is -2.23. The van der Waals surface area contributed by atoms with E-state index in [0.717, 1.165) is 31.2 Å². The van der Waals surface area contributed by atoms with Crippen molar-refractivity contribution in [3.05, 3.63) is 29.3 Å². The number of nitrogens with one attached hydrogen (secondary N) is 2. The summed E-state index contributed by atoms with van der Waals surface area (Å²) in [4.78, 5) is 25.2. The second kappa shape index (κ2) is 12.6. The number of unbranched alkanes of at least 4 members (excludes halogenated alkanes) is 4. The van der Waals surface area contributed by atoms with Gasteiger partial charge < -0.3 is 5.32 Å². The van der Waals surface area contributed by atoms with Crippen LogP contribution in [0.15, 0.2) is 24.3 Å². The van der Waals surface area contributed by atoms with Crippen LogP contribution in [0.5, 0.6) is 0 Å². The first kappa shape index (κ1) is 24.3. The van der Waals surface area contributed by atoms with Gasteiger partial charge >= 0.3 is 0 Å². The summed E-state index contributed by atoms with van der Waals surface area (Å²) in [5.41, 5.74) is 0.843. The van der Waals surface area contributed by atoms with Crippen LogP contribution in [0.1, 0.15) is 65.7 Å². The van der Waals surface area contributed by atoms with Crippen molar-refractivity contribution in [2.75, 3.05) is 5.32 Å². The van der Waals surface area contributed by atoms with Gasteiger partial charge in [0.15, 0.2) is 0 Å². The maximum atomic E-state index is 12.9. The van der Waals surface area contributed by atoms with Gasteiger partial charge in [-0.05, 0) is 24.5 Å². The number of rotatable bonds is 12. The van der Waals surface area contributed by atoms with Gasteiger partial charge in [-0.15, -0.1) is 10.2 Å². The minimum absolute atomic E-state index is 0.00867. The second-order valence-electron chi connectivity index (χ2n) is 7.51. The quantitative estimate of drug-likeness (QED) is 0.407. The van der Waals surface area contributed by atoms with Crippen LogP contribution in [0.3, 0.4) is 0 Å². The topological polar surface area (TPSA) is 84.0 Å². The molecule has 0 aliphatic carbocycles. The van der Waals surface area contributed by atoms with Gasteiger partial charge in [-0.2, -0.15) is 0 Å². The van der Waals surface area contributed by atoms with Crippen LogP contribution in [-0.4, -0.2) is 28.1 Å². The Kier molecular flexibility index (Phi) is 10.2. The molecule has 0 radical (unpaired) electrons. The number of amides is 2. The average molecular weight is 451 g/mol. The van der Waals surface area contributed by atoms with E-state index in [0.29, 0.717) is 21.6 Å². The molecule has 2 amide bonds. The van der Waals surface area contributed by atoms with Crippen LogP contribution >= 0.6 is 22.9 Å². The summed E-state index contributed by atoms with van der Waals surface area (Å²) in [6, 6.07) is 6.72. The molecule has 2 unspecified atom stereocenters. The number of benzene rings is 1. The van der Waals surface area contributed by atoms with Crippen LogP contribution in [0, 0.1) is 5.92 Å². The van der Waals surface area contributed by atoms with Gasteiger partial charge in [0.05, 0.1) is 0 Å². The molecule has 30 heavy (non-hydrogen) atoms. The molecule has 1 aromatic heterocycles. The fourth-order valence-electron chi connectivity index (χ4n) is 3.03. The molecule has 164 valence electrons. The first-order valence-electron chi connectivity index (χ1n) is 10.6. The fourth-order valence-corrected chi connectivity index (χ4v) is 3.96. The molecule has 1 heterocycles. The number of carbonyl (C=O) groups is 2. The Morgan fingerprint density at radius 3 is 2.60 bits per heavy atom. The molecule has 0 bridgehead atoms. The number of hydrogen-bond acceptors (Lipinski definition) is 5. The van der Waals surface area contributed by atoms with Crippen molar-refractivity contribution in [1.82, 2.24) is 15.5 Å². The highest BCUT2D eigenvalue weighted by atomic mass is 35.5. The number of carbonyl (C=O) groups excluding carboxylic acids is 2. The third kappa shape index (κ3) is 7.69. The summed E-state index contributed by atoms with van der Waals surface area (Å²) in [5, 5.41) is 15.6. The summed E-state index contributed by atoms with van der Waals surface area (Å²) in [6.45, 7) is 6.13. The molecule has 0 saturated carbocycles. The Labute approximate surface area is 187 Å². The zero-order valence-corrected chi connectivity index (χ0v) is 19.5. The van der Waals surface area contributed by atoms with Gasteiger partial charge in [-0.1, -0.05) is 87.9 Å². The fraction of sp³-hybridized carbons (Fsp3) is 0.545. The van der Waals surface area contributed by atoms with Gasteiger partial charge in [0.2, 0.25) is 16.9 Å². The van der Waals surface area contributed by atoms with Crippen LogP contribution < -0.4 is 10.6 Å². The molecule has 2 aromatic rings. The van der Waals surface area contributed by atoms with Crippen molar-refractivity contribution in [2.45, 2.75) is 71.8 Å². The molecule has 2 atom stereocenters. The minimum atomic E-state index is -0.600.